The fourth-order valence-electron chi connectivity index (χ4n) is 1.66. The molecule has 1 aliphatic heterocycles. The largest absolute Gasteiger partial charge is 0.368 e. The highest BCUT2D eigenvalue weighted by Gasteiger charge is 2.34. The number of hydrogen-bond acceptors (Lipinski definition) is 5. The van der Waals surface area contributed by atoms with E-state index in [4.69, 9.17) is 5.73 Å². The van der Waals surface area contributed by atoms with Crippen molar-refractivity contribution in [1.82, 2.24) is 15.0 Å². The van der Waals surface area contributed by atoms with Crippen molar-refractivity contribution in [3.63, 3.8) is 0 Å². The van der Waals surface area contributed by atoms with Gasteiger partial charge in [-0.25, -0.2) is 8.78 Å². The van der Waals surface area contributed by atoms with Crippen LogP contribution in [-0.2, 0) is 0 Å². The normalized spacial score (nSPS) is 19.8. The number of nitrogens with zero attached hydrogens (tertiary/aromatic N) is 4. The Labute approximate surface area is 91.7 Å². The topological polar surface area (TPSA) is 67.9 Å². The van der Waals surface area contributed by atoms with Crippen LogP contribution in [0.1, 0.15) is 18.7 Å². The Balaban J connectivity index is 2.14. The molecule has 2 N–H and O–H groups in total. The van der Waals surface area contributed by atoms with Gasteiger partial charge in [0.1, 0.15) is 5.82 Å². The van der Waals surface area contributed by atoms with Gasteiger partial charge >= 0.3 is 0 Å². The van der Waals surface area contributed by atoms with Crippen LogP contribution in [0.2, 0.25) is 0 Å². The molecular formula is C9H13F2N5. The van der Waals surface area contributed by atoms with Crippen LogP contribution in [0.25, 0.3) is 0 Å². The van der Waals surface area contributed by atoms with Crippen LogP contribution < -0.4 is 10.6 Å². The smallest absolute Gasteiger partial charge is 0.251 e. The summed E-state index contributed by atoms with van der Waals surface area (Å²) in [5.74, 6) is -1.55. The van der Waals surface area contributed by atoms with E-state index in [-0.39, 0.29) is 31.9 Å². The zero-order valence-corrected chi connectivity index (χ0v) is 8.95. The van der Waals surface area contributed by atoms with E-state index in [1.54, 1.807) is 11.8 Å². The maximum absolute atomic E-state index is 12.9. The molecule has 1 saturated heterocycles. The van der Waals surface area contributed by atoms with E-state index < -0.39 is 5.92 Å². The summed E-state index contributed by atoms with van der Waals surface area (Å²) >= 11 is 0. The maximum Gasteiger partial charge on any atom is 0.251 e. The highest BCUT2D eigenvalue weighted by Crippen LogP contribution is 2.29. The minimum Gasteiger partial charge on any atom is -0.368 e. The monoisotopic (exact) mass is 229 g/mol. The maximum atomic E-state index is 12.9. The molecule has 0 amide bonds. The van der Waals surface area contributed by atoms with Crippen molar-refractivity contribution in [1.29, 1.82) is 0 Å². The van der Waals surface area contributed by atoms with Gasteiger partial charge in [0.15, 0.2) is 0 Å². The highest BCUT2D eigenvalue weighted by atomic mass is 19.3. The first kappa shape index (κ1) is 11.0. The Morgan fingerprint density at radius 2 is 1.81 bits per heavy atom. The van der Waals surface area contributed by atoms with Crippen LogP contribution in [0.15, 0.2) is 0 Å². The van der Waals surface area contributed by atoms with Crippen LogP contribution in [-0.4, -0.2) is 34.0 Å². The zero-order chi connectivity index (χ0) is 11.8. The fraction of sp³-hybridized carbons (Fsp3) is 0.667. The molecule has 0 atom stereocenters. The summed E-state index contributed by atoms with van der Waals surface area (Å²) < 4.78 is 25.9. The molecule has 16 heavy (non-hydrogen) atoms. The lowest BCUT2D eigenvalue weighted by Gasteiger charge is -2.31. The van der Waals surface area contributed by atoms with Gasteiger partial charge in [0.05, 0.1) is 0 Å². The number of aromatic nitrogens is 3. The first-order valence-corrected chi connectivity index (χ1v) is 5.07. The van der Waals surface area contributed by atoms with Crippen LogP contribution >= 0.6 is 0 Å². The molecular weight excluding hydrogens is 216 g/mol. The molecule has 0 saturated carbocycles. The van der Waals surface area contributed by atoms with Crippen molar-refractivity contribution in [2.75, 3.05) is 23.7 Å². The van der Waals surface area contributed by atoms with Crippen molar-refractivity contribution in [2.45, 2.75) is 25.7 Å². The zero-order valence-electron chi connectivity index (χ0n) is 8.95. The molecule has 0 bridgehead atoms. The Morgan fingerprint density at radius 1 is 1.19 bits per heavy atom. The number of piperidine rings is 1. The first-order valence-electron chi connectivity index (χ1n) is 5.07. The van der Waals surface area contributed by atoms with Crippen LogP contribution in [0.3, 0.4) is 0 Å². The van der Waals surface area contributed by atoms with E-state index in [1.807, 2.05) is 0 Å². The molecule has 2 rings (SSSR count). The number of anilines is 2. The van der Waals surface area contributed by atoms with Crippen LogP contribution in [0.5, 0.6) is 0 Å². The van der Waals surface area contributed by atoms with E-state index in [0.717, 1.165) is 0 Å². The lowest BCUT2D eigenvalue weighted by Crippen LogP contribution is -2.40. The number of aryl methyl sites for hydroxylation is 1. The van der Waals surface area contributed by atoms with E-state index in [2.05, 4.69) is 15.0 Å². The van der Waals surface area contributed by atoms with Crippen molar-refractivity contribution < 1.29 is 8.78 Å². The van der Waals surface area contributed by atoms with E-state index >= 15 is 0 Å². The summed E-state index contributed by atoms with van der Waals surface area (Å²) in [6.07, 6.45) is -0.338. The van der Waals surface area contributed by atoms with Gasteiger partial charge in [0, 0.05) is 25.9 Å². The molecule has 1 aromatic heterocycles. The Kier molecular flexibility index (Phi) is 2.61. The third kappa shape index (κ3) is 2.34. The number of halogens is 2. The Bertz CT molecular complexity index is 365. The van der Waals surface area contributed by atoms with Gasteiger partial charge in [-0.1, -0.05) is 0 Å². The predicted octanol–water partition coefficient (Wildman–Crippen LogP) is 0.998. The van der Waals surface area contributed by atoms with E-state index in [9.17, 15) is 8.78 Å². The lowest BCUT2D eigenvalue weighted by atomic mass is 10.1. The minimum atomic E-state index is -2.57. The summed E-state index contributed by atoms with van der Waals surface area (Å²) in [6, 6.07) is 0. The molecule has 1 aliphatic rings. The van der Waals surface area contributed by atoms with Gasteiger partial charge in [0.2, 0.25) is 11.9 Å². The second kappa shape index (κ2) is 3.80. The lowest BCUT2D eigenvalue weighted by molar-refractivity contribution is -0.0222. The number of nitrogens with two attached hydrogens (primary N) is 1. The summed E-state index contributed by atoms with van der Waals surface area (Å²) in [5.41, 5.74) is 5.48. The van der Waals surface area contributed by atoms with Crippen LogP contribution in [0.4, 0.5) is 20.7 Å². The summed E-state index contributed by atoms with van der Waals surface area (Å²) in [4.78, 5) is 13.6. The number of hydrogen-bond donors (Lipinski definition) is 1. The van der Waals surface area contributed by atoms with E-state index in [0.29, 0.717) is 11.8 Å². The summed E-state index contributed by atoms with van der Waals surface area (Å²) in [7, 11) is 0. The molecule has 0 unspecified atom stereocenters. The molecule has 7 heteroatoms. The van der Waals surface area contributed by atoms with Gasteiger partial charge in [-0.2, -0.15) is 15.0 Å². The molecule has 0 aliphatic carbocycles. The Hall–Kier alpha value is -1.53. The molecule has 88 valence electrons. The van der Waals surface area contributed by atoms with Crippen molar-refractivity contribution in [3.05, 3.63) is 5.82 Å². The molecule has 2 heterocycles. The molecule has 1 aromatic rings. The second-order valence-corrected chi connectivity index (χ2v) is 3.88. The van der Waals surface area contributed by atoms with Gasteiger partial charge in [-0.15, -0.1) is 0 Å². The van der Waals surface area contributed by atoms with Crippen molar-refractivity contribution in [2.24, 2.45) is 0 Å². The molecule has 0 radical (unpaired) electrons. The quantitative estimate of drug-likeness (QED) is 0.778. The van der Waals surface area contributed by atoms with Gasteiger partial charge in [-0.05, 0) is 6.92 Å². The average molecular weight is 229 g/mol. The second-order valence-electron chi connectivity index (χ2n) is 3.88. The van der Waals surface area contributed by atoms with Crippen molar-refractivity contribution >= 4 is 11.9 Å². The standard InChI is InChI=1S/C9H13F2N5/c1-6-13-7(12)15-8(14-6)16-4-2-9(10,11)3-5-16/h2-5H2,1H3,(H2,12,13,14,15). The first-order chi connectivity index (χ1) is 7.46. The van der Waals surface area contributed by atoms with Gasteiger partial charge in [-0.3, -0.25) is 0 Å². The number of rotatable bonds is 1. The minimum absolute atomic E-state index is 0.125. The molecule has 1 fully saturated rings. The Morgan fingerprint density at radius 3 is 2.38 bits per heavy atom. The van der Waals surface area contributed by atoms with Gasteiger partial charge < -0.3 is 10.6 Å². The van der Waals surface area contributed by atoms with Crippen LogP contribution in [0, 0.1) is 6.92 Å². The summed E-state index contributed by atoms with van der Waals surface area (Å²) in [5, 5.41) is 0. The summed E-state index contributed by atoms with van der Waals surface area (Å²) in [6.45, 7) is 2.19. The highest BCUT2D eigenvalue weighted by molar-refractivity contribution is 5.35. The number of nitrogen functional groups attached to an aromatic ring is 1. The molecule has 5 nitrogen and oxygen atoms in total. The fourth-order valence-corrected chi connectivity index (χ4v) is 1.66. The SMILES string of the molecule is Cc1nc(N)nc(N2CCC(F)(F)CC2)n1. The predicted molar refractivity (Wildman–Crippen MR) is 55.4 cm³/mol. The third-order valence-electron chi connectivity index (χ3n) is 2.53. The van der Waals surface area contributed by atoms with Gasteiger partial charge in [0.25, 0.3) is 5.92 Å². The number of alkyl halides is 2. The van der Waals surface area contributed by atoms with E-state index in [1.165, 1.54) is 0 Å². The van der Waals surface area contributed by atoms with Crippen molar-refractivity contribution in [3.8, 4) is 0 Å². The third-order valence-corrected chi connectivity index (χ3v) is 2.53. The average Bonchev–Trinajstić information content (AvgIpc) is 2.15. The molecule has 0 spiro atoms. The molecule has 0 aromatic carbocycles.